The lowest BCUT2D eigenvalue weighted by Gasteiger charge is -2.28. The van der Waals surface area contributed by atoms with E-state index in [1.165, 1.54) is 10.6 Å². The normalized spacial score (nSPS) is 19.6. The Labute approximate surface area is 103 Å². The zero-order chi connectivity index (χ0) is 12.9. The van der Waals surface area contributed by atoms with Gasteiger partial charge in [0.2, 0.25) is 15.9 Å². The van der Waals surface area contributed by atoms with Crippen molar-refractivity contribution in [2.45, 2.75) is 19.8 Å². The highest BCUT2D eigenvalue weighted by Crippen LogP contribution is 2.19. The first kappa shape index (κ1) is 14.2. The van der Waals surface area contributed by atoms with Crippen LogP contribution in [-0.4, -0.2) is 44.5 Å². The molecule has 1 amide bonds. The molecule has 0 saturated carbocycles. The van der Waals surface area contributed by atoms with E-state index in [4.69, 9.17) is 0 Å². The Hall–Kier alpha value is -0.880. The summed E-state index contributed by atoms with van der Waals surface area (Å²) in [5, 5.41) is 2.69. The van der Waals surface area contributed by atoms with Crippen molar-refractivity contribution in [3.63, 3.8) is 0 Å². The smallest absolute Gasteiger partial charge is 0.243 e. The van der Waals surface area contributed by atoms with Crippen molar-refractivity contribution >= 4 is 15.9 Å². The average Bonchev–Trinajstić information content (AvgIpc) is 2.26. The highest BCUT2D eigenvalue weighted by atomic mass is 32.2. The number of nitrogens with zero attached hydrogens (tertiary/aromatic N) is 1. The molecular weight excluding hydrogens is 240 g/mol. The molecule has 1 heterocycles. The fraction of sp³-hybridized carbons (Fsp3) is 0.727. The van der Waals surface area contributed by atoms with Gasteiger partial charge in [-0.05, 0) is 31.8 Å². The van der Waals surface area contributed by atoms with Crippen LogP contribution >= 0.6 is 0 Å². The van der Waals surface area contributed by atoms with E-state index in [2.05, 4.69) is 5.32 Å². The first-order chi connectivity index (χ1) is 7.93. The number of likely N-dealkylation sites (N-methyl/N-ethyl adjacent to an activating group) is 1. The molecule has 0 atom stereocenters. The van der Waals surface area contributed by atoms with Gasteiger partial charge in [0.25, 0.3) is 0 Å². The Bertz CT molecular complexity index is 382. The SMILES string of the molecule is CCNC(=O)/C=C/C1CCN(S(C)(=O)=O)CC1. The molecule has 17 heavy (non-hydrogen) atoms. The summed E-state index contributed by atoms with van der Waals surface area (Å²) in [6.07, 6.45) is 6.22. The molecule has 1 N–H and O–H groups in total. The van der Waals surface area contributed by atoms with Crippen molar-refractivity contribution in [3.05, 3.63) is 12.2 Å². The molecule has 0 unspecified atom stereocenters. The van der Waals surface area contributed by atoms with Crippen LogP contribution in [-0.2, 0) is 14.8 Å². The van der Waals surface area contributed by atoms with Crippen LogP contribution in [0.5, 0.6) is 0 Å². The summed E-state index contributed by atoms with van der Waals surface area (Å²) in [4.78, 5) is 11.2. The van der Waals surface area contributed by atoms with Crippen LogP contribution in [0.25, 0.3) is 0 Å². The molecule has 0 aliphatic carbocycles. The van der Waals surface area contributed by atoms with Crippen molar-refractivity contribution in [3.8, 4) is 0 Å². The molecule has 1 aliphatic heterocycles. The number of rotatable bonds is 4. The number of carbonyl (C=O) groups is 1. The Balaban J connectivity index is 2.40. The van der Waals surface area contributed by atoms with Crippen molar-refractivity contribution < 1.29 is 13.2 Å². The summed E-state index contributed by atoms with van der Waals surface area (Å²) in [6.45, 7) is 3.58. The molecule has 1 rings (SSSR count). The first-order valence-electron chi connectivity index (χ1n) is 5.84. The van der Waals surface area contributed by atoms with Gasteiger partial charge in [-0.1, -0.05) is 6.08 Å². The molecule has 1 saturated heterocycles. The topological polar surface area (TPSA) is 66.5 Å². The van der Waals surface area contributed by atoms with Crippen LogP contribution in [0.1, 0.15) is 19.8 Å². The minimum absolute atomic E-state index is 0.0851. The molecular formula is C11H20N2O3S. The summed E-state index contributed by atoms with van der Waals surface area (Å²) < 4.78 is 24.1. The minimum atomic E-state index is -3.06. The molecule has 0 radical (unpaired) electrons. The lowest BCUT2D eigenvalue weighted by molar-refractivity contribution is -0.116. The van der Waals surface area contributed by atoms with Crippen LogP contribution in [0.15, 0.2) is 12.2 Å². The predicted octanol–water partition coefficient (Wildman–Crippen LogP) is 0.350. The Morgan fingerprint density at radius 1 is 1.41 bits per heavy atom. The molecule has 0 aromatic heterocycles. The van der Waals surface area contributed by atoms with E-state index in [9.17, 15) is 13.2 Å². The average molecular weight is 260 g/mol. The van der Waals surface area contributed by atoms with E-state index in [0.29, 0.717) is 25.6 Å². The van der Waals surface area contributed by atoms with Crippen LogP contribution < -0.4 is 5.32 Å². The first-order valence-corrected chi connectivity index (χ1v) is 7.69. The van der Waals surface area contributed by atoms with Crippen LogP contribution in [0.3, 0.4) is 0 Å². The third kappa shape index (κ3) is 4.87. The van der Waals surface area contributed by atoms with Gasteiger partial charge in [-0.15, -0.1) is 0 Å². The molecule has 1 fully saturated rings. The zero-order valence-corrected chi connectivity index (χ0v) is 11.2. The van der Waals surface area contributed by atoms with E-state index < -0.39 is 10.0 Å². The monoisotopic (exact) mass is 260 g/mol. The van der Waals surface area contributed by atoms with Gasteiger partial charge in [0.1, 0.15) is 0 Å². The fourth-order valence-corrected chi connectivity index (χ4v) is 2.73. The number of amides is 1. The third-order valence-electron chi connectivity index (χ3n) is 2.84. The summed E-state index contributed by atoms with van der Waals surface area (Å²) in [5.41, 5.74) is 0. The number of hydrogen-bond acceptors (Lipinski definition) is 3. The quantitative estimate of drug-likeness (QED) is 0.742. The highest BCUT2D eigenvalue weighted by Gasteiger charge is 2.23. The highest BCUT2D eigenvalue weighted by molar-refractivity contribution is 7.88. The van der Waals surface area contributed by atoms with Crippen molar-refractivity contribution in [1.82, 2.24) is 9.62 Å². The van der Waals surface area contributed by atoms with Gasteiger partial charge in [-0.25, -0.2) is 12.7 Å². The largest absolute Gasteiger partial charge is 0.353 e. The van der Waals surface area contributed by atoms with E-state index in [1.807, 2.05) is 13.0 Å². The molecule has 5 nitrogen and oxygen atoms in total. The Kier molecular flexibility index (Phi) is 5.14. The summed E-state index contributed by atoms with van der Waals surface area (Å²) in [7, 11) is -3.06. The third-order valence-corrected chi connectivity index (χ3v) is 4.14. The minimum Gasteiger partial charge on any atom is -0.353 e. The lowest BCUT2D eigenvalue weighted by Crippen LogP contribution is -2.37. The maximum absolute atomic E-state index is 11.3. The molecule has 0 spiro atoms. The van der Waals surface area contributed by atoms with Gasteiger partial charge in [0.05, 0.1) is 6.26 Å². The van der Waals surface area contributed by atoms with Crippen molar-refractivity contribution in [2.75, 3.05) is 25.9 Å². The van der Waals surface area contributed by atoms with Gasteiger partial charge in [0, 0.05) is 19.6 Å². The van der Waals surface area contributed by atoms with Crippen LogP contribution in [0.4, 0.5) is 0 Å². The second kappa shape index (κ2) is 6.16. The number of sulfonamides is 1. The summed E-state index contributed by atoms with van der Waals surface area (Å²) in [6, 6.07) is 0. The summed E-state index contributed by atoms with van der Waals surface area (Å²) >= 11 is 0. The maximum Gasteiger partial charge on any atom is 0.243 e. The number of hydrogen-bond donors (Lipinski definition) is 1. The van der Waals surface area contributed by atoms with E-state index in [0.717, 1.165) is 12.8 Å². The molecule has 1 aliphatic rings. The van der Waals surface area contributed by atoms with Crippen LogP contribution in [0, 0.1) is 5.92 Å². The van der Waals surface area contributed by atoms with E-state index >= 15 is 0 Å². The zero-order valence-electron chi connectivity index (χ0n) is 10.3. The van der Waals surface area contributed by atoms with E-state index in [1.54, 1.807) is 6.08 Å². The molecule has 0 aromatic carbocycles. The van der Waals surface area contributed by atoms with Gasteiger partial charge >= 0.3 is 0 Å². The molecule has 0 aromatic rings. The molecule has 98 valence electrons. The van der Waals surface area contributed by atoms with Gasteiger partial charge in [-0.3, -0.25) is 4.79 Å². The number of carbonyl (C=O) groups excluding carboxylic acids is 1. The molecule has 0 bridgehead atoms. The Morgan fingerprint density at radius 3 is 2.47 bits per heavy atom. The summed E-state index contributed by atoms with van der Waals surface area (Å²) in [5.74, 6) is 0.216. The Morgan fingerprint density at radius 2 is 2.00 bits per heavy atom. The molecule has 6 heteroatoms. The van der Waals surface area contributed by atoms with Gasteiger partial charge < -0.3 is 5.32 Å². The van der Waals surface area contributed by atoms with Crippen molar-refractivity contribution in [1.29, 1.82) is 0 Å². The second-order valence-corrected chi connectivity index (χ2v) is 6.24. The number of allylic oxidation sites excluding steroid dienone is 1. The number of piperidine rings is 1. The predicted molar refractivity (Wildman–Crippen MR) is 67.0 cm³/mol. The lowest BCUT2D eigenvalue weighted by atomic mass is 9.98. The fourth-order valence-electron chi connectivity index (χ4n) is 1.86. The van der Waals surface area contributed by atoms with Gasteiger partial charge in [0.15, 0.2) is 0 Å². The van der Waals surface area contributed by atoms with Gasteiger partial charge in [-0.2, -0.15) is 0 Å². The standard InChI is InChI=1S/C11H20N2O3S/c1-3-12-11(14)5-4-10-6-8-13(9-7-10)17(2,15)16/h4-5,10H,3,6-9H2,1-2H3,(H,12,14)/b5-4+. The maximum atomic E-state index is 11.3. The van der Waals surface area contributed by atoms with E-state index in [-0.39, 0.29) is 5.91 Å². The van der Waals surface area contributed by atoms with Crippen molar-refractivity contribution in [2.24, 2.45) is 5.92 Å². The number of nitrogens with one attached hydrogen (secondary N) is 1. The van der Waals surface area contributed by atoms with Crippen LogP contribution in [0.2, 0.25) is 0 Å². The second-order valence-electron chi connectivity index (χ2n) is 4.25.